The zero-order valence-electron chi connectivity index (χ0n) is 16.3. The van der Waals surface area contributed by atoms with Gasteiger partial charge in [-0.2, -0.15) is 0 Å². The first-order valence-corrected chi connectivity index (χ1v) is 8.78. The van der Waals surface area contributed by atoms with Crippen LogP contribution in [0.4, 0.5) is 13.2 Å². The molecule has 7 nitrogen and oxygen atoms in total. The van der Waals surface area contributed by atoms with Crippen LogP contribution >= 0.6 is 0 Å². The summed E-state index contributed by atoms with van der Waals surface area (Å²) < 4.78 is 46.3. The number of hydrogen-bond acceptors (Lipinski definition) is 5. The van der Waals surface area contributed by atoms with Gasteiger partial charge in [0.15, 0.2) is 6.39 Å². The molecule has 10 heteroatoms. The van der Waals surface area contributed by atoms with Gasteiger partial charge in [-0.05, 0) is 29.8 Å². The highest BCUT2D eigenvalue weighted by molar-refractivity contribution is 5.51. The molecule has 0 aliphatic heterocycles. The van der Waals surface area contributed by atoms with Crippen LogP contribution in [-0.2, 0) is 5.41 Å². The summed E-state index contributed by atoms with van der Waals surface area (Å²) in [6, 6.07) is 5.02. The zero-order chi connectivity index (χ0) is 22.1. The molecule has 158 valence electrons. The molecule has 2 N–H and O–H groups in total. The van der Waals surface area contributed by atoms with Crippen molar-refractivity contribution in [3.8, 4) is 5.75 Å². The molecule has 3 rings (SSSR count). The van der Waals surface area contributed by atoms with Gasteiger partial charge >= 0.3 is 6.36 Å². The molecule has 1 aromatic carbocycles. The lowest BCUT2D eigenvalue weighted by Gasteiger charge is -2.14. The third-order valence-electron chi connectivity index (χ3n) is 3.95. The van der Waals surface area contributed by atoms with Crippen molar-refractivity contribution >= 4 is 12.2 Å². The highest BCUT2D eigenvalue weighted by Crippen LogP contribution is 2.25. The molecule has 30 heavy (non-hydrogen) atoms. The van der Waals surface area contributed by atoms with Gasteiger partial charge in [-0.25, -0.2) is 4.98 Å². The minimum absolute atomic E-state index is 0.0364. The summed E-state index contributed by atoms with van der Waals surface area (Å²) in [4.78, 5) is 33.7. The van der Waals surface area contributed by atoms with E-state index in [0.29, 0.717) is 11.5 Å². The summed E-state index contributed by atoms with van der Waals surface area (Å²) >= 11 is 0. The molecule has 0 aliphatic rings. The van der Waals surface area contributed by atoms with Crippen molar-refractivity contribution in [1.82, 2.24) is 15.0 Å². The van der Waals surface area contributed by atoms with Gasteiger partial charge in [0.1, 0.15) is 27.9 Å². The lowest BCUT2D eigenvalue weighted by molar-refractivity contribution is -0.274. The second-order valence-corrected chi connectivity index (χ2v) is 7.46. The Hall–Kier alpha value is -3.56. The Labute approximate surface area is 167 Å². The third kappa shape index (κ3) is 5.07. The van der Waals surface area contributed by atoms with Crippen molar-refractivity contribution in [3.05, 3.63) is 79.1 Å². The number of nitrogens with one attached hydrogen (secondary N) is 2. The first kappa shape index (κ1) is 21.2. The summed E-state index contributed by atoms with van der Waals surface area (Å²) in [7, 11) is 0. The standard InChI is InChI=1S/C20H18F3N3O4/c1-19(2,3)16-13(24-10-29-16)9-15-18(28)25-14(17(27)26-15)8-11-5-4-6-12(7-11)30-20(21,22)23/h4-10H,1-3H3,(H,25,28)(H,26,27). The predicted molar refractivity (Wildman–Crippen MR) is 102 cm³/mol. The highest BCUT2D eigenvalue weighted by Gasteiger charge is 2.31. The van der Waals surface area contributed by atoms with Crippen molar-refractivity contribution in [1.29, 1.82) is 0 Å². The Morgan fingerprint density at radius 1 is 1.03 bits per heavy atom. The smallest absolute Gasteiger partial charge is 0.447 e. The van der Waals surface area contributed by atoms with Gasteiger partial charge in [0.2, 0.25) is 0 Å². The van der Waals surface area contributed by atoms with E-state index in [-0.39, 0.29) is 21.7 Å². The summed E-state index contributed by atoms with van der Waals surface area (Å²) in [5, 5.41) is -0.164. The van der Waals surface area contributed by atoms with Crippen molar-refractivity contribution in [2.75, 3.05) is 0 Å². The molecule has 0 spiro atoms. The summed E-state index contributed by atoms with van der Waals surface area (Å²) in [5.74, 6) is 0.0978. The van der Waals surface area contributed by atoms with Crippen LogP contribution in [0.25, 0.3) is 12.2 Å². The summed E-state index contributed by atoms with van der Waals surface area (Å²) in [5.41, 5.74) is -0.971. The monoisotopic (exact) mass is 421 g/mol. The van der Waals surface area contributed by atoms with E-state index in [1.807, 2.05) is 20.8 Å². The molecule has 0 radical (unpaired) electrons. The number of aromatic amines is 2. The first-order valence-electron chi connectivity index (χ1n) is 8.78. The number of benzene rings is 1. The maximum atomic E-state index is 12.4. The maximum Gasteiger partial charge on any atom is 0.573 e. The van der Waals surface area contributed by atoms with E-state index < -0.39 is 23.2 Å². The molecular formula is C20H18F3N3O4. The summed E-state index contributed by atoms with van der Waals surface area (Å²) in [6.45, 7) is 5.73. The van der Waals surface area contributed by atoms with Crippen LogP contribution in [0.5, 0.6) is 5.75 Å². The Kier molecular flexibility index (Phi) is 5.43. The number of H-pyrrole nitrogens is 2. The van der Waals surface area contributed by atoms with Gasteiger partial charge in [0, 0.05) is 5.41 Å². The normalized spacial score (nSPS) is 13.7. The SMILES string of the molecule is CC(C)(C)c1ocnc1C=c1[nH]c(=O)c(=Cc2cccc(OC(F)(F)F)c2)[nH]c1=O. The molecule has 0 fully saturated rings. The van der Waals surface area contributed by atoms with Gasteiger partial charge < -0.3 is 19.1 Å². The number of oxazole rings is 1. The van der Waals surface area contributed by atoms with Crippen LogP contribution in [0.1, 0.15) is 37.8 Å². The molecule has 0 saturated carbocycles. The number of hydrogen-bond donors (Lipinski definition) is 2. The van der Waals surface area contributed by atoms with Crippen LogP contribution < -0.4 is 26.6 Å². The van der Waals surface area contributed by atoms with Gasteiger partial charge in [-0.15, -0.1) is 13.2 Å². The van der Waals surface area contributed by atoms with E-state index in [1.54, 1.807) is 0 Å². The lowest BCUT2D eigenvalue weighted by Crippen LogP contribution is -2.46. The number of rotatable bonds is 3. The fraction of sp³-hybridized carbons (Fsp3) is 0.250. The molecule has 0 amide bonds. The fourth-order valence-electron chi connectivity index (χ4n) is 2.72. The van der Waals surface area contributed by atoms with Crippen molar-refractivity contribution in [2.24, 2.45) is 0 Å². The molecule has 2 heterocycles. The van der Waals surface area contributed by atoms with E-state index in [2.05, 4.69) is 19.7 Å². The molecule has 0 aliphatic carbocycles. The van der Waals surface area contributed by atoms with Crippen LogP contribution in [0.2, 0.25) is 0 Å². The molecule has 3 aromatic rings. The average Bonchev–Trinajstić information content (AvgIpc) is 3.07. The predicted octanol–water partition coefficient (Wildman–Crippen LogP) is 1.90. The average molecular weight is 421 g/mol. The van der Waals surface area contributed by atoms with Crippen LogP contribution in [-0.4, -0.2) is 21.3 Å². The highest BCUT2D eigenvalue weighted by atomic mass is 19.4. The second-order valence-electron chi connectivity index (χ2n) is 7.46. The van der Waals surface area contributed by atoms with Crippen LogP contribution in [0, 0.1) is 0 Å². The number of halogens is 3. The number of alkyl halides is 3. The first-order chi connectivity index (χ1) is 13.9. The molecule has 2 aromatic heterocycles. The Morgan fingerprint density at radius 2 is 1.67 bits per heavy atom. The lowest BCUT2D eigenvalue weighted by atomic mass is 9.92. The minimum Gasteiger partial charge on any atom is -0.447 e. The number of nitrogens with zero attached hydrogens (tertiary/aromatic N) is 1. The van der Waals surface area contributed by atoms with Gasteiger partial charge in [-0.1, -0.05) is 32.9 Å². The largest absolute Gasteiger partial charge is 0.573 e. The van der Waals surface area contributed by atoms with E-state index in [9.17, 15) is 22.8 Å². The van der Waals surface area contributed by atoms with E-state index in [0.717, 1.165) is 12.1 Å². The van der Waals surface area contributed by atoms with E-state index in [4.69, 9.17) is 4.42 Å². The van der Waals surface area contributed by atoms with Gasteiger partial charge in [-0.3, -0.25) is 9.59 Å². The van der Waals surface area contributed by atoms with Crippen molar-refractivity contribution in [3.63, 3.8) is 0 Å². The Bertz CT molecular complexity index is 1290. The molecule has 0 bridgehead atoms. The van der Waals surface area contributed by atoms with Gasteiger partial charge in [0.05, 0.1) is 0 Å². The number of aromatic nitrogens is 3. The fourth-order valence-corrected chi connectivity index (χ4v) is 2.72. The van der Waals surface area contributed by atoms with Crippen molar-refractivity contribution < 1.29 is 22.3 Å². The number of ether oxygens (including phenoxy) is 1. The Morgan fingerprint density at radius 3 is 2.27 bits per heavy atom. The maximum absolute atomic E-state index is 12.4. The van der Waals surface area contributed by atoms with E-state index in [1.165, 1.54) is 30.7 Å². The Balaban J connectivity index is 2.05. The van der Waals surface area contributed by atoms with Crippen molar-refractivity contribution in [2.45, 2.75) is 32.5 Å². The van der Waals surface area contributed by atoms with Crippen LogP contribution in [0.3, 0.4) is 0 Å². The molecule has 0 atom stereocenters. The molecule has 0 saturated heterocycles. The molecular weight excluding hydrogens is 403 g/mol. The zero-order valence-corrected chi connectivity index (χ0v) is 16.3. The minimum atomic E-state index is -4.84. The quantitative estimate of drug-likeness (QED) is 0.673. The van der Waals surface area contributed by atoms with Gasteiger partial charge in [0.25, 0.3) is 11.1 Å². The topological polar surface area (TPSA) is 101 Å². The van der Waals surface area contributed by atoms with Crippen LogP contribution in [0.15, 0.2) is 44.7 Å². The third-order valence-corrected chi connectivity index (χ3v) is 3.95. The second kappa shape index (κ2) is 7.69. The van der Waals surface area contributed by atoms with E-state index >= 15 is 0 Å². The molecule has 0 unspecified atom stereocenters. The summed E-state index contributed by atoms with van der Waals surface area (Å²) in [6.07, 6.45) is -0.957.